The molecule has 0 bridgehead atoms. The molecular formula is C16H12N4O2. The number of nitrogens with zero attached hydrogens (tertiary/aromatic N) is 4. The molecule has 0 saturated carbocycles. The minimum atomic E-state index is -0.908. The quantitative estimate of drug-likeness (QED) is 0.483. The average Bonchev–Trinajstić information content (AvgIpc) is 3.09. The molecule has 4 rings (SSSR count). The Kier molecular flexibility index (Phi) is 2.69. The third-order valence-electron chi connectivity index (χ3n) is 4.17. The van der Waals surface area contributed by atoms with Gasteiger partial charge in [0.1, 0.15) is 0 Å². The molecule has 108 valence electrons. The van der Waals surface area contributed by atoms with Crippen LogP contribution in [0.3, 0.4) is 0 Å². The van der Waals surface area contributed by atoms with Gasteiger partial charge in [-0.1, -0.05) is 41.5 Å². The molecule has 0 N–H and O–H groups in total. The Morgan fingerprint density at radius 3 is 2.95 bits per heavy atom. The smallest absolute Gasteiger partial charge is 0.257 e. The number of amides is 1. The summed E-state index contributed by atoms with van der Waals surface area (Å²) in [5.74, 6) is -0.0257. The third kappa shape index (κ3) is 1.53. The first-order chi connectivity index (χ1) is 10.8. The molecule has 2 aromatic carbocycles. The van der Waals surface area contributed by atoms with Crippen LogP contribution >= 0.6 is 0 Å². The van der Waals surface area contributed by atoms with Crippen molar-refractivity contribution < 1.29 is 9.53 Å². The second-order valence-corrected chi connectivity index (χ2v) is 5.23. The van der Waals surface area contributed by atoms with Crippen LogP contribution in [0.2, 0.25) is 0 Å². The van der Waals surface area contributed by atoms with Gasteiger partial charge in [-0.25, -0.2) is 0 Å². The summed E-state index contributed by atoms with van der Waals surface area (Å²) in [4.78, 5) is 17.2. The number of ether oxygens (including phenoxy) is 1. The molecule has 2 aliphatic heterocycles. The fourth-order valence-corrected chi connectivity index (χ4v) is 3.32. The second kappa shape index (κ2) is 4.59. The van der Waals surface area contributed by atoms with Gasteiger partial charge in [0.05, 0.1) is 6.61 Å². The molecule has 0 spiro atoms. The van der Waals surface area contributed by atoms with Gasteiger partial charge in [0, 0.05) is 33.8 Å². The zero-order valence-corrected chi connectivity index (χ0v) is 11.6. The van der Waals surface area contributed by atoms with E-state index < -0.39 is 5.72 Å². The van der Waals surface area contributed by atoms with Gasteiger partial charge in [0.15, 0.2) is 5.72 Å². The second-order valence-electron chi connectivity index (χ2n) is 5.23. The van der Waals surface area contributed by atoms with Gasteiger partial charge in [0.2, 0.25) is 0 Å². The van der Waals surface area contributed by atoms with Crippen molar-refractivity contribution >= 4 is 11.6 Å². The molecule has 0 aromatic heterocycles. The molecule has 0 radical (unpaired) electrons. The topological polar surface area (TPSA) is 78.3 Å². The Labute approximate surface area is 126 Å². The number of carbonyl (C=O) groups excluding carboxylic acids is 1. The van der Waals surface area contributed by atoms with Crippen molar-refractivity contribution in [2.45, 2.75) is 5.72 Å². The monoisotopic (exact) mass is 292 g/mol. The Hall–Kier alpha value is -2.82. The van der Waals surface area contributed by atoms with E-state index in [0.29, 0.717) is 24.4 Å². The molecule has 22 heavy (non-hydrogen) atoms. The van der Waals surface area contributed by atoms with E-state index in [1.165, 1.54) is 0 Å². The minimum Gasteiger partial charge on any atom is -0.345 e. The zero-order chi connectivity index (χ0) is 15.2. The molecule has 1 atom stereocenters. The number of fused-ring (bicyclic) bond motifs is 3. The summed E-state index contributed by atoms with van der Waals surface area (Å²) in [6.45, 7) is 1.02. The molecule has 2 heterocycles. The highest BCUT2D eigenvalue weighted by Crippen LogP contribution is 2.48. The summed E-state index contributed by atoms with van der Waals surface area (Å²) in [6, 6.07) is 14.7. The van der Waals surface area contributed by atoms with Crippen molar-refractivity contribution in [1.82, 2.24) is 4.90 Å². The van der Waals surface area contributed by atoms with Gasteiger partial charge in [-0.05, 0) is 17.7 Å². The van der Waals surface area contributed by atoms with Crippen molar-refractivity contribution in [1.29, 1.82) is 0 Å². The first-order valence-corrected chi connectivity index (χ1v) is 6.98. The molecule has 1 saturated heterocycles. The standard InChI is InChI=1S/C16H12N4O2/c17-19-18-12-5-3-4-11(10-12)16-14-7-2-1-6-13(14)15(21)20(16)8-9-22-16/h1-7,10H,8-9H2. The lowest BCUT2D eigenvalue weighted by molar-refractivity contribution is -0.0303. The van der Waals surface area contributed by atoms with Gasteiger partial charge < -0.3 is 4.74 Å². The van der Waals surface area contributed by atoms with Crippen LogP contribution in [0.5, 0.6) is 0 Å². The van der Waals surface area contributed by atoms with Crippen LogP contribution in [0, 0.1) is 0 Å². The zero-order valence-electron chi connectivity index (χ0n) is 11.6. The van der Waals surface area contributed by atoms with Gasteiger partial charge in [0.25, 0.3) is 5.91 Å². The molecule has 1 unspecified atom stereocenters. The highest BCUT2D eigenvalue weighted by molar-refractivity contribution is 6.00. The maximum atomic E-state index is 12.6. The summed E-state index contributed by atoms with van der Waals surface area (Å²) in [6.07, 6.45) is 0. The predicted molar refractivity (Wildman–Crippen MR) is 79.5 cm³/mol. The number of carbonyl (C=O) groups is 1. The molecule has 6 heteroatoms. The maximum Gasteiger partial charge on any atom is 0.257 e. The Bertz CT molecular complexity index is 828. The predicted octanol–water partition coefficient (Wildman–Crippen LogP) is 3.32. The van der Waals surface area contributed by atoms with E-state index in [1.54, 1.807) is 23.1 Å². The van der Waals surface area contributed by atoms with Gasteiger partial charge >= 0.3 is 0 Å². The lowest BCUT2D eigenvalue weighted by Gasteiger charge is -2.32. The largest absolute Gasteiger partial charge is 0.345 e. The summed E-state index contributed by atoms with van der Waals surface area (Å²) in [5, 5.41) is 3.65. The first-order valence-electron chi connectivity index (χ1n) is 6.98. The fourth-order valence-electron chi connectivity index (χ4n) is 3.32. The van der Waals surface area contributed by atoms with E-state index in [2.05, 4.69) is 10.0 Å². The van der Waals surface area contributed by atoms with Crippen molar-refractivity contribution in [2.24, 2.45) is 5.11 Å². The Morgan fingerprint density at radius 1 is 1.23 bits per heavy atom. The van der Waals surface area contributed by atoms with E-state index >= 15 is 0 Å². The van der Waals surface area contributed by atoms with Crippen LogP contribution in [0.25, 0.3) is 10.4 Å². The summed E-state index contributed by atoms with van der Waals surface area (Å²) in [5.41, 5.74) is 10.5. The highest BCUT2D eigenvalue weighted by atomic mass is 16.5. The van der Waals surface area contributed by atoms with Crippen LogP contribution in [-0.4, -0.2) is 24.0 Å². The number of hydrogen-bond acceptors (Lipinski definition) is 3. The molecule has 1 fully saturated rings. The first kappa shape index (κ1) is 12.9. The number of benzene rings is 2. The number of hydrogen-bond donors (Lipinski definition) is 0. The fraction of sp³-hybridized carbons (Fsp3) is 0.188. The molecule has 1 amide bonds. The third-order valence-corrected chi connectivity index (χ3v) is 4.17. The van der Waals surface area contributed by atoms with E-state index in [1.807, 2.05) is 30.3 Å². The molecule has 2 aromatic rings. The molecule has 6 nitrogen and oxygen atoms in total. The van der Waals surface area contributed by atoms with Crippen molar-refractivity contribution in [3.05, 3.63) is 75.7 Å². The number of azide groups is 1. The normalized spacial score (nSPS) is 22.2. The van der Waals surface area contributed by atoms with Crippen molar-refractivity contribution in [3.8, 4) is 0 Å². The minimum absolute atomic E-state index is 0.0257. The van der Waals surface area contributed by atoms with Crippen molar-refractivity contribution in [3.63, 3.8) is 0 Å². The summed E-state index contributed by atoms with van der Waals surface area (Å²) < 4.78 is 6.05. The van der Waals surface area contributed by atoms with Gasteiger partial charge in [-0.3, -0.25) is 9.69 Å². The van der Waals surface area contributed by atoms with Crippen LogP contribution in [0.4, 0.5) is 5.69 Å². The van der Waals surface area contributed by atoms with Gasteiger partial charge in [-0.15, -0.1) is 0 Å². The molecule has 0 aliphatic carbocycles. The van der Waals surface area contributed by atoms with E-state index in [4.69, 9.17) is 10.3 Å². The van der Waals surface area contributed by atoms with E-state index in [9.17, 15) is 4.79 Å². The lowest BCUT2D eigenvalue weighted by atomic mass is 9.93. The van der Waals surface area contributed by atoms with Gasteiger partial charge in [-0.2, -0.15) is 0 Å². The van der Waals surface area contributed by atoms with Crippen LogP contribution in [0.1, 0.15) is 21.5 Å². The van der Waals surface area contributed by atoms with Crippen LogP contribution < -0.4 is 0 Å². The lowest BCUT2D eigenvalue weighted by Crippen LogP contribution is -2.40. The average molecular weight is 292 g/mol. The number of rotatable bonds is 2. The summed E-state index contributed by atoms with van der Waals surface area (Å²) >= 11 is 0. The van der Waals surface area contributed by atoms with Crippen LogP contribution in [0.15, 0.2) is 53.6 Å². The molecule has 2 aliphatic rings. The van der Waals surface area contributed by atoms with E-state index in [-0.39, 0.29) is 5.91 Å². The maximum absolute atomic E-state index is 12.6. The SMILES string of the molecule is [N-]=[N+]=Nc1cccc(C23OCCN2C(=O)c2ccccc23)c1. The van der Waals surface area contributed by atoms with Crippen molar-refractivity contribution in [2.75, 3.05) is 13.2 Å². The Balaban J connectivity index is 1.97. The van der Waals surface area contributed by atoms with E-state index in [0.717, 1.165) is 11.1 Å². The van der Waals surface area contributed by atoms with Crippen LogP contribution in [-0.2, 0) is 10.5 Å². The summed E-state index contributed by atoms with van der Waals surface area (Å²) in [7, 11) is 0. The highest BCUT2D eigenvalue weighted by Gasteiger charge is 2.54. The Morgan fingerprint density at radius 2 is 2.09 bits per heavy atom. The molecular weight excluding hydrogens is 280 g/mol.